The Bertz CT molecular complexity index is 674. The third-order valence-corrected chi connectivity index (χ3v) is 4.38. The first-order valence-corrected chi connectivity index (χ1v) is 8.58. The number of Topliss-reactive ketones (excluding diaryl/α,β-unsaturated/α-hetero) is 2. The molecule has 3 rings (SSSR count). The number of hydrogen-bond donors (Lipinski definition) is 2. The number of aliphatic hydroxyl groups excluding tert-OH is 1. The number of ketones is 2. The molecule has 1 fully saturated rings. The number of rotatable bonds is 4. The van der Waals surface area contributed by atoms with Crippen LogP contribution in [0, 0.1) is 0 Å². The van der Waals surface area contributed by atoms with Crippen LogP contribution >= 0.6 is 0 Å². The van der Waals surface area contributed by atoms with E-state index >= 15 is 0 Å². The molecule has 0 aromatic heterocycles. The quantitative estimate of drug-likeness (QED) is 0.836. The van der Waals surface area contributed by atoms with E-state index < -0.39 is 12.2 Å². The molecule has 0 spiro atoms. The molecule has 0 radical (unpaired) electrons. The Morgan fingerprint density at radius 2 is 1.28 bits per heavy atom. The van der Waals surface area contributed by atoms with Gasteiger partial charge in [0.05, 0.1) is 0 Å². The van der Waals surface area contributed by atoms with Crippen molar-refractivity contribution in [1.29, 1.82) is 0 Å². The zero-order valence-corrected chi connectivity index (χ0v) is 14.2. The van der Waals surface area contributed by atoms with Crippen molar-refractivity contribution in [3.63, 3.8) is 0 Å². The number of carbonyl (C=O) groups is 2. The molecule has 0 unspecified atom stereocenters. The van der Waals surface area contributed by atoms with Crippen molar-refractivity contribution >= 4 is 11.6 Å². The Labute approximate surface area is 148 Å². The first-order valence-electron chi connectivity index (χ1n) is 8.58. The maximum absolute atomic E-state index is 12.1. The van der Waals surface area contributed by atoms with Gasteiger partial charge in [0.25, 0.3) is 0 Å². The molecule has 1 aliphatic rings. The Hall–Kier alpha value is -2.30. The fourth-order valence-corrected chi connectivity index (χ4v) is 2.94. The third-order valence-electron chi connectivity index (χ3n) is 4.38. The van der Waals surface area contributed by atoms with Gasteiger partial charge in [-0.05, 0) is 12.8 Å². The molecule has 0 aliphatic heterocycles. The minimum atomic E-state index is -1.10. The summed E-state index contributed by atoms with van der Waals surface area (Å²) < 4.78 is 0. The second kappa shape index (κ2) is 9.25. The van der Waals surface area contributed by atoms with Crippen LogP contribution in [0.1, 0.15) is 52.8 Å². The third kappa shape index (κ3) is 5.34. The smallest absolute Gasteiger partial charge is 0.194 e. The van der Waals surface area contributed by atoms with Gasteiger partial charge in [-0.1, -0.05) is 79.9 Å². The Kier molecular flexibility index (Phi) is 7.04. The Balaban J connectivity index is 0.000000196. The summed E-state index contributed by atoms with van der Waals surface area (Å²) in [6, 6.07) is 17.8. The van der Waals surface area contributed by atoms with Crippen molar-refractivity contribution in [3.8, 4) is 0 Å². The summed E-state index contributed by atoms with van der Waals surface area (Å²) in [5.41, 5.74) is 0.0893. The second-order valence-electron chi connectivity index (χ2n) is 6.23. The second-order valence-corrected chi connectivity index (χ2v) is 6.23. The van der Waals surface area contributed by atoms with E-state index in [1.807, 2.05) is 24.3 Å². The average molecular weight is 340 g/mol. The minimum absolute atomic E-state index is 0.109. The number of aliphatic hydroxyl groups is 2. The van der Waals surface area contributed by atoms with Crippen LogP contribution in [0.3, 0.4) is 0 Å². The lowest BCUT2D eigenvalue weighted by Gasteiger charge is -2.30. The van der Waals surface area contributed by atoms with Crippen LogP contribution in [-0.4, -0.2) is 34.0 Å². The Morgan fingerprint density at radius 3 is 1.76 bits per heavy atom. The monoisotopic (exact) mass is 340 g/mol. The van der Waals surface area contributed by atoms with Gasteiger partial charge in [0, 0.05) is 11.1 Å². The molecule has 1 aliphatic carbocycles. The lowest BCUT2D eigenvalue weighted by molar-refractivity contribution is 0.0116. The lowest BCUT2D eigenvalue weighted by Crippen LogP contribution is -2.40. The highest BCUT2D eigenvalue weighted by atomic mass is 16.3. The highest BCUT2D eigenvalue weighted by molar-refractivity contribution is 6.02. The van der Waals surface area contributed by atoms with Gasteiger partial charge >= 0.3 is 0 Å². The molecule has 0 bridgehead atoms. The van der Waals surface area contributed by atoms with Gasteiger partial charge in [-0.3, -0.25) is 9.59 Å². The van der Waals surface area contributed by atoms with Gasteiger partial charge in [-0.2, -0.15) is 0 Å². The van der Waals surface area contributed by atoms with E-state index in [2.05, 4.69) is 0 Å². The molecule has 25 heavy (non-hydrogen) atoms. The topological polar surface area (TPSA) is 74.6 Å². The SMILES string of the molecule is O=C(CO)c1ccccc1.O=C(c1ccccc1)C1(O)CCCCC1. The predicted octanol–water partition coefficient (Wildman–Crippen LogP) is 3.43. The summed E-state index contributed by atoms with van der Waals surface area (Å²) in [6.07, 6.45) is 4.26. The van der Waals surface area contributed by atoms with E-state index in [1.165, 1.54) is 0 Å². The fraction of sp³-hybridized carbons (Fsp3) is 0.333. The highest BCUT2D eigenvalue weighted by Gasteiger charge is 2.37. The van der Waals surface area contributed by atoms with Gasteiger partial charge < -0.3 is 10.2 Å². The normalized spacial score (nSPS) is 15.6. The molecule has 4 heteroatoms. The molecule has 2 aromatic carbocycles. The van der Waals surface area contributed by atoms with Crippen molar-refractivity contribution in [2.75, 3.05) is 6.61 Å². The van der Waals surface area contributed by atoms with Gasteiger partial charge in [-0.15, -0.1) is 0 Å². The molecule has 2 aromatic rings. The summed E-state index contributed by atoms with van der Waals surface area (Å²) in [4.78, 5) is 22.8. The van der Waals surface area contributed by atoms with E-state index in [0.717, 1.165) is 19.3 Å². The van der Waals surface area contributed by atoms with Gasteiger partial charge in [0.15, 0.2) is 11.6 Å². The summed E-state index contributed by atoms with van der Waals surface area (Å²) in [5, 5.41) is 18.7. The average Bonchev–Trinajstić information content (AvgIpc) is 2.69. The van der Waals surface area contributed by atoms with Gasteiger partial charge in [0.1, 0.15) is 12.2 Å². The number of hydrogen-bond acceptors (Lipinski definition) is 4. The van der Waals surface area contributed by atoms with E-state index in [4.69, 9.17) is 5.11 Å². The summed E-state index contributed by atoms with van der Waals surface area (Å²) >= 11 is 0. The molecule has 1 saturated carbocycles. The van der Waals surface area contributed by atoms with E-state index in [-0.39, 0.29) is 11.6 Å². The van der Waals surface area contributed by atoms with E-state index in [0.29, 0.717) is 24.0 Å². The Morgan fingerprint density at radius 1 is 0.800 bits per heavy atom. The van der Waals surface area contributed by atoms with Crippen molar-refractivity contribution in [3.05, 3.63) is 71.8 Å². The van der Waals surface area contributed by atoms with Crippen molar-refractivity contribution in [2.24, 2.45) is 0 Å². The van der Waals surface area contributed by atoms with Gasteiger partial charge in [0.2, 0.25) is 0 Å². The molecule has 0 heterocycles. The van der Waals surface area contributed by atoms with Crippen LogP contribution in [0.4, 0.5) is 0 Å². The van der Waals surface area contributed by atoms with Crippen molar-refractivity contribution in [1.82, 2.24) is 0 Å². The van der Waals surface area contributed by atoms with E-state index in [1.54, 1.807) is 36.4 Å². The van der Waals surface area contributed by atoms with Crippen molar-refractivity contribution < 1.29 is 19.8 Å². The molecule has 0 saturated heterocycles. The molecular formula is C21H24O4. The first kappa shape index (κ1) is 19.0. The molecule has 0 atom stereocenters. The maximum atomic E-state index is 12.1. The molecule has 0 amide bonds. The molecule has 132 valence electrons. The van der Waals surface area contributed by atoms with E-state index in [9.17, 15) is 14.7 Å². The van der Waals surface area contributed by atoms with Crippen molar-refractivity contribution in [2.45, 2.75) is 37.7 Å². The van der Waals surface area contributed by atoms with Crippen LogP contribution in [0.5, 0.6) is 0 Å². The zero-order valence-electron chi connectivity index (χ0n) is 14.2. The largest absolute Gasteiger partial charge is 0.388 e. The molecular weight excluding hydrogens is 316 g/mol. The summed E-state index contributed by atoms with van der Waals surface area (Å²) in [5.74, 6) is -0.344. The van der Waals surface area contributed by atoms with Crippen LogP contribution in [0.25, 0.3) is 0 Å². The zero-order chi connectivity index (χ0) is 18.1. The van der Waals surface area contributed by atoms with Crippen LogP contribution < -0.4 is 0 Å². The van der Waals surface area contributed by atoms with Crippen LogP contribution in [0.2, 0.25) is 0 Å². The fourth-order valence-electron chi connectivity index (χ4n) is 2.94. The predicted molar refractivity (Wildman–Crippen MR) is 96.7 cm³/mol. The maximum Gasteiger partial charge on any atom is 0.194 e. The number of benzene rings is 2. The van der Waals surface area contributed by atoms with Gasteiger partial charge in [-0.25, -0.2) is 0 Å². The molecule has 4 nitrogen and oxygen atoms in total. The summed E-state index contributed by atoms with van der Waals surface area (Å²) in [6.45, 7) is -0.413. The lowest BCUT2D eigenvalue weighted by atomic mass is 9.79. The standard InChI is InChI=1S/C13H16O2.C8H8O2/c14-12(11-7-3-1-4-8-11)13(15)9-5-2-6-10-13;9-6-8(10)7-4-2-1-3-5-7/h1,3-4,7-8,15H,2,5-6,9-10H2;1-5,9H,6H2. The van der Waals surface area contributed by atoms with Crippen LogP contribution in [-0.2, 0) is 0 Å². The highest BCUT2D eigenvalue weighted by Crippen LogP contribution is 2.30. The molecule has 2 N–H and O–H groups in total. The summed E-state index contributed by atoms with van der Waals surface area (Å²) in [7, 11) is 0. The van der Waals surface area contributed by atoms with Crippen LogP contribution in [0.15, 0.2) is 60.7 Å². The minimum Gasteiger partial charge on any atom is -0.388 e. The first-order chi connectivity index (χ1) is 12.1. The number of carbonyl (C=O) groups excluding carboxylic acids is 2.